The van der Waals surface area contributed by atoms with E-state index >= 15 is 0 Å². The van der Waals surface area contributed by atoms with Crippen LogP contribution in [0.1, 0.15) is 27.4 Å². The molecule has 1 heterocycles. The van der Waals surface area contributed by atoms with Gasteiger partial charge in [-0.15, -0.1) is 0 Å². The number of hydrogen-bond donors (Lipinski definition) is 1. The number of carbonyl (C=O) groups is 1. The third-order valence-corrected chi connectivity index (χ3v) is 3.23. The summed E-state index contributed by atoms with van der Waals surface area (Å²) in [4.78, 5) is 13.9. The van der Waals surface area contributed by atoms with Gasteiger partial charge in [-0.1, -0.05) is 12.1 Å². The van der Waals surface area contributed by atoms with Crippen molar-refractivity contribution in [2.75, 3.05) is 19.9 Å². The average Bonchev–Trinajstić information content (AvgIpc) is 2.83. The molecule has 0 radical (unpaired) electrons. The minimum atomic E-state index is -0.412. The minimum Gasteiger partial charge on any atom is -0.465 e. The highest BCUT2D eigenvalue weighted by Crippen LogP contribution is 2.20. The molecule has 0 bridgehead atoms. The Kier molecular flexibility index (Phi) is 4.65. The largest absolute Gasteiger partial charge is 0.465 e. The maximum absolute atomic E-state index is 11.9. The van der Waals surface area contributed by atoms with Crippen molar-refractivity contribution >= 4 is 11.7 Å². The van der Waals surface area contributed by atoms with Crippen LogP contribution in [0.4, 0.5) is 5.69 Å². The van der Waals surface area contributed by atoms with Crippen LogP contribution in [0.25, 0.3) is 0 Å². The van der Waals surface area contributed by atoms with Crippen molar-refractivity contribution < 1.29 is 13.9 Å². The topological polar surface area (TPSA) is 68.7 Å². The number of rotatable bonds is 5. The van der Waals surface area contributed by atoms with Gasteiger partial charge >= 0.3 is 5.97 Å². The Morgan fingerprint density at radius 1 is 1.29 bits per heavy atom. The molecule has 0 amide bonds. The van der Waals surface area contributed by atoms with Gasteiger partial charge in [0.25, 0.3) is 0 Å². The fraction of sp³-hybridized carbons (Fsp3) is 0.312. The molecule has 21 heavy (non-hydrogen) atoms. The lowest BCUT2D eigenvalue weighted by molar-refractivity contribution is 0.0599. The highest BCUT2D eigenvalue weighted by atomic mass is 16.5. The third-order valence-electron chi connectivity index (χ3n) is 3.23. The number of furan rings is 1. The first-order chi connectivity index (χ1) is 10.0. The molecule has 1 aromatic carbocycles. The molecule has 0 atom stereocenters. The Balaban J connectivity index is 2.15. The van der Waals surface area contributed by atoms with Crippen LogP contribution in [0, 0.1) is 6.92 Å². The number of anilines is 1. The first kappa shape index (κ1) is 15.1. The molecule has 2 rings (SSSR count). The summed E-state index contributed by atoms with van der Waals surface area (Å²) in [5.41, 5.74) is 7.60. The zero-order chi connectivity index (χ0) is 15.4. The van der Waals surface area contributed by atoms with E-state index in [2.05, 4.69) is 4.90 Å². The Morgan fingerprint density at radius 3 is 2.67 bits per heavy atom. The predicted molar refractivity (Wildman–Crippen MR) is 80.8 cm³/mol. The summed E-state index contributed by atoms with van der Waals surface area (Å²) in [5.74, 6) is 1.36. The van der Waals surface area contributed by atoms with Crippen LogP contribution in [0.5, 0.6) is 0 Å². The quantitative estimate of drug-likeness (QED) is 0.676. The molecule has 0 unspecified atom stereocenters. The molecule has 112 valence electrons. The molecule has 5 nitrogen and oxygen atoms in total. The molecule has 0 saturated carbocycles. The number of nitrogen functional groups attached to an aromatic ring is 1. The summed E-state index contributed by atoms with van der Waals surface area (Å²) < 4.78 is 10.4. The normalized spacial score (nSPS) is 10.9. The third kappa shape index (κ3) is 3.64. The van der Waals surface area contributed by atoms with Crippen LogP contribution in [0.2, 0.25) is 0 Å². The van der Waals surface area contributed by atoms with Crippen molar-refractivity contribution in [2.24, 2.45) is 0 Å². The molecule has 1 aromatic heterocycles. The van der Waals surface area contributed by atoms with Crippen molar-refractivity contribution in [1.29, 1.82) is 0 Å². The van der Waals surface area contributed by atoms with Crippen LogP contribution in [-0.4, -0.2) is 25.0 Å². The van der Waals surface area contributed by atoms with Gasteiger partial charge < -0.3 is 14.9 Å². The Morgan fingerprint density at radius 2 is 2.05 bits per heavy atom. The maximum atomic E-state index is 11.9. The van der Waals surface area contributed by atoms with E-state index in [4.69, 9.17) is 14.9 Å². The number of carbonyl (C=O) groups excluding carboxylic acids is 1. The van der Waals surface area contributed by atoms with E-state index in [1.165, 1.54) is 7.11 Å². The molecule has 0 aliphatic rings. The second kappa shape index (κ2) is 6.45. The predicted octanol–water partition coefficient (Wildman–Crippen LogP) is 2.59. The summed E-state index contributed by atoms with van der Waals surface area (Å²) in [7, 11) is 3.32. The number of nitrogens with two attached hydrogens (primary N) is 1. The molecule has 0 saturated heterocycles. The summed E-state index contributed by atoms with van der Waals surface area (Å²) in [6.07, 6.45) is 0. The average molecular weight is 288 g/mol. The van der Waals surface area contributed by atoms with E-state index in [1.807, 2.05) is 38.2 Å². The molecule has 5 heteroatoms. The van der Waals surface area contributed by atoms with E-state index in [-0.39, 0.29) is 0 Å². The maximum Gasteiger partial charge on any atom is 0.340 e. The molecule has 0 aliphatic carbocycles. The number of aryl methyl sites for hydroxylation is 1. The molecule has 2 aromatic rings. The van der Waals surface area contributed by atoms with Gasteiger partial charge in [-0.2, -0.15) is 0 Å². The van der Waals surface area contributed by atoms with Crippen molar-refractivity contribution in [3.63, 3.8) is 0 Å². The van der Waals surface area contributed by atoms with E-state index < -0.39 is 5.97 Å². The van der Waals surface area contributed by atoms with E-state index in [1.54, 1.807) is 6.07 Å². The fourth-order valence-corrected chi connectivity index (χ4v) is 2.29. The summed E-state index contributed by atoms with van der Waals surface area (Å²) in [6, 6.07) is 9.30. The Hall–Kier alpha value is -2.27. The van der Waals surface area contributed by atoms with Gasteiger partial charge in [-0.3, -0.25) is 4.90 Å². The highest BCUT2D eigenvalue weighted by Gasteiger charge is 2.16. The Labute approximate surface area is 124 Å². The summed E-state index contributed by atoms with van der Waals surface area (Å²) in [5, 5.41) is 0. The van der Waals surface area contributed by atoms with Crippen molar-refractivity contribution in [3.8, 4) is 0 Å². The minimum absolute atomic E-state index is 0.412. The number of hydrogen-bond acceptors (Lipinski definition) is 5. The number of ether oxygens (including phenoxy) is 1. The summed E-state index contributed by atoms with van der Waals surface area (Å²) >= 11 is 0. The lowest BCUT2D eigenvalue weighted by Crippen LogP contribution is -2.20. The smallest absolute Gasteiger partial charge is 0.340 e. The molecule has 0 spiro atoms. The highest BCUT2D eigenvalue weighted by molar-refractivity contribution is 5.96. The van der Waals surface area contributed by atoms with Gasteiger partial charge in [0, 0.05) is 12.2 Å². The molecule has 2 N–H and O–H groups in total. The molecular weight excluding hydrogens is 268 g/mol. The van der Waals surface area contributed by atoms with Crippen molar-refractivity contribution in [2.45, 2.75) is 20.0 Å². The van der Waals surface area contributed by atoms with Crippen LogP contribution in [-0.2, 0) is 17.8 Å². The van der Waals surface area contributed by atoms with Gasteiger partial charge in [0.05, 0.1) is 19.2 Å². The monoisotopic (exact) mass is 288 g/mol. The van der Waals surface area contributed by atoms with Gasteiger partial charge in [-0.25, -0.2) is 4.79 Å². The molecule has 0 fully saturated rings. The van der Waals surface area contributed by atoms with E-state index in [0.29, 0.717) is 24.3 Å². The molecule has 0 aliphatic heterocycles. The van der Waals surface area contributed by atoms with Gasteiger partial charge in [-0.05, 0) is 37.7 Å². The lowest BCUT2D eigenvalue weighted by Gasteiger charge is -2.18. The van der Waals surface area contributed by atoms with E-state index in [9.17, 15) is 4.79 Å². The van der Waals surface area contributed by atoms with E-state index in [0.717, 1.165) is 17.1 Å². The second-order valence-electron chi connectivity index (χ2n) is 5.06. The number of nitrogens with zero attached hydrogens (tertiary/aromatic N) is 1. The standard InChI is InChI=1S/C16H20N2O3/c1-11-7-8-13(21-11)10-18(2)9-12-5-4-6-14(17)15(12)16(19)20-3/h4-8H,9-10,17H2,1-3H3. The van der Waals surface area contributed by atoms with Crippen LogP contribution < -0.4 is 5.73 Å². The van der Waals surface area contributed by atoms with Gasteiger partial charge in [0.2, 0.25) is 0 Å². The number of esters is 1. The summed E-state index contributed by atoms with van der Waals surface area (Å²) in [6.45, 7) is 3.15. The zero-order valence-electron chi connectivity index (χ0n) is 12.6. The first-order valence-electron chi connectivity index (χ1n) is 6.70. The number of benzene rings is 1. The molecular formula is C16H20N2O3. The lowest BCUT2D eigenvalue weighted by atomic mass is 10.0. The van der Waals surface area contributed by atoms with Gasteiger partial charge in [0.15, 0.2) is 0 Å². The van der Waals surface area contributed by atoms with Crippen molar-refractivity contribution in [3.05, 3.63) is 53.0 Å². The van der Waals surface area contributed by atoms with Crippen molar-refractivity contribution in [1.82, 2.24) is 4.90 Å². The van der Waals surface area contributed by atoms with Gasteiger partial charge in [0.1, 0.15) is 11.5 Å². The second-order valence-corrected chi connectivity index (χ2v) is 5.06. The van der Waals surface area contributed by atoms with Crippen LogP contribution in [0.15, 0.2) is 34.7 Å². The SMILES string of the molecule is COC(=O)c1c(N)cccc1CN(C)Cc1ccc(C)o1. The van der Waals surface area contributed by atoms with Crippen LogP contribution >= 0.6 is 0 Å². The zero-order valence-corrected chi connectivity index (χ0v) is 12.6. The van der Waals surface area contributed by atoms with Crippen LogP contribution in [0.3, 0.4) is 0 Å². The Bertz CT molecular complexity index is 634. The first-order valence-corrected chi connectivity index (χ1v) is 6.70. The fourth-order valence-electron chi connectivity index (χ4n) is 2.29. The number of methoxy groups -OCH3 is 1.